The van der Waals surface area contributed by atoms with Crippen LogP contribution in [0.5, 0.6) is 11.5 Å². The Balaban J connectivity index is 0.000000258. The van der Waals surface area contributed by atoms with E-state index >= 15 is 0 Å². The van der Waals surface area contributed by atoms with Crippen molar-refractivity contribution in [1.29, 1.82) is 0 Å². The summed E-state index contributed by atoms with van der Waals surface area (Å²) >= 11 is 0. The maximum absolute atomic E-state index is 10.9. The minimum absolute atomic E-state index is 0.211. The van der Waals surface area contributed by atoms with Crippen LogP contribution in [0.3, 0.4) is 0 Å². The monoisotopic (exact) mass is 266 g/mol. The largest absolute Gasteiger partial charge is 0.504 e. The van der Waals surface area contributed by atoms with Gasteiger partial charge >= 0.3 is 11.6 Å². The lowest BCUT2D eigenvalue weighted by atomic mass is 10.2. The van der Waals surface area contributed by atoms with E-state index in [1.165, 1.54) is 13.0 Å². The van der Waals surface area contributed by atoms with Crippen LogP contribution in [0.15, 0.2) is 33.5 Å². The van der Waals surface area contributed by atoms with Crippen molar-refractivity contribution in [2.75, 3.05) is 6.61 Å². The number of carbonyl (C=O) groups excluding carboxylic acids is 1. The zero-order valence-electron chi connectivity index (χ0n) is 10.5. The number of benzene rings is 1. The molecule has 6 nitrogen and oxygen atoms in total. The van der Waals surface area contributed by atoms with Crippen LogP contribution in [-0.2, 0) is 9.53 Å². The quantitative estimate of drug-likeness (QED) is 0.603. The summed E-state index contributed by atoms with van der Waals surface area (Å²) in [6.07, 6.45) is 0. The Labute approximate surface area is 108 Å². The van der Waals surface area contributed by atoms with E-state index in [-0.39, 0.29) is 11.6 Å². The molecule has 19 heavy (non-hydrogen) atoms. The molecule has 0 saturated carbocycles. The second kappa shape index (κ2) is 6.44. The minimum atomic E-state index is -0.934. The Kier molecular flexibility index (Phi) is 4.93. The third-order valence-corrected chi connectivity index (χ3v) is 2.11. The molecule has 2 N–H and O–H groups in total. The molecule has 0 bridgehead atoms. The molecule has 0 unspecified atom stereocenters. The Bertz CT molecular complexity index is 629. The summed E-state index contributed by atoms with van der Waals surface area (Å²) in [6.45, 7) is 3.65. The van der Waals surface area contributed by atoms with Gasteiger partial charge in [0.15, 0.2) is 5.75 Å². The molecule has 0 atom stereocenters. The molecule has 1 aromatic heterocycles. The number of rotatable bonds is 1. The molecule has 0 aliphatic carbocycles. The van der Waals surface area contributed by atoms with Crippen molar-refractivity contribution in [3.05, 3.63) is 34.7 Å². The Morgan fingerprint density at radius 3 is 2.42 bits per heavy atom. The van der Waals surface area contributed by atoms with Crippen LogP contribution >= 0.6 is 0 Å². The van der Waals surface area contributed by atoms with Gasteiger partial charge in [-0.15, -0.1) is 0 Å². The van der Waals surface area contributed by atoms with E-state index in [0.29, 0.717) is 12.0 Å². The van der Waals surface area contributed by atoms with Crippen molar-refractivity contribution in [3.63, 3.8) is 0 Å². The van der Waals surface area contributed by atoms with Crippen LogP contribution in [0.1, 0.15) is 13.8 Å². The summed E-state index contributed by atoms with van der Waals surface area (Å²) in [6, 6.07) is 6.42. The second-order valence-corrected chi connectivity index (χ2v) is 3.51. The normalized spacial score (nSPS) is 9.58. The van der Waals surface area contributed by atoms with Crippen LogP contribution in [-0.4, -0.2) is 22.8 Å². The van der Waals surface area contributed by atoms with Gasteiger partial charge in [-0.3, -0.25) is 4.79 Å². The maximum Gasteiger partial charge on any atom is 0.382 e. The first kappa shape index (κ1) is 14.6. The van der Waals surface area contributed by atoms with Crippen molar-refractivity contribution in [3.8, 4) is 11.5 Å². The average molecular weight is 266 g/mol. The topological polar surface area (TPSA) is 97.0 Å². The molecule has 0 fully saturated rings. The Morgan fingerprint density at radius 2 is 1.89 bits per heavy atom. The molecule has 1 heterocycles. The minimum Gasteiger partial charge on any atom is -0.504 e. The van der Waals surface area contributed by atoms with Crippen LogP contribution in [0.2, 0.25) is 0 Å². The number of hydrogen-bond acceptors (Lipinski definition) is 6. The van der Waals surface area contributed by atoms with Crippen molar-refractivity contribution in [1.82, 2.24) is 0 Å². The highest BCUT2D eigenvalue weighted by Gasteiger charge is 2.10. The highest BCUT2D eigenvalue weighted by Crippen LogP contribution is 2.29. The molecular weight excluding hydrogens is 252 g/mol. The van der Waals surface area contributed by atoms with Crippen molar-refractivity contribution >= 4 is 16.9 Å². The lowest BCUT2D eigenvalue weighted by molar-refractivity contribution is -0.140. The molecule has 0 aliphatic heterocycles. The van der Waals surface area contributed by atoms with Gasteiger partial charge in [-0.2, -0.15) is 0 Å². The zero-order valence-corrected chi connectivity index (χ0v) is 10.5. The summed E-state index contributed by atoms with van der Waals surface area (Å²) < 4.78 is 9.11. The fourth-order valence-corrected chi connectivity index (χ4v) is 1.33. The third kappa shape index (κ3) is 3.74. The molecule has 0 radical (unpaired) electrons. The van der Waals surface area contributed by atoms with E-state index in [0.717, 1.165) is 0 Å². The molecule has 0 aliphatic rings. The average Bonchev–Trinajstić information content (AvgIpc) is 2.37. The van der Waals surface area contributed by atoms with Gasteiger partial charge in [-0.25, -0.2) is 4.79 Å². The predicted molar refractivity (Wildman–Crippen MR) is 68.1 cm³/mol. The Hall–Kier alpha value is -2.50. The first-order chi connectivity index (χ1) is 8.97. The summed E-state index contributed by atoms with van der Waals surface area (Å²) in [4.78, 5) is 20.7. The van der Waals surface area contributed by atoms with Crippen LogP contribution < -0.4 is 5.63 Å². The number of aromatic hydroxyl groups is 2. The van der Waals surface area contributed by atoms with Crippen molar-refractivity contribution < 1.29 is 24.2 Å². The number of esters is 1. The van der Waals surface area contributed by atoms with Gasteiger partial charge in [0.2, 0.25) is 5.75 Å². The molecular formula is C13H14O6. The molecule has 6 heteroatoms. The third-order valence-electron chi connectivity index (χ3n) is 2.11. The number of carbonyl (C=O) groups is 1. The number of para-hydroxylation sites is 1. The summed E-state index contributed by atoms with van der Waals surface area (Å²) in [5.41, 5.74) is -0.681. The van der Waals surface area contributed by atoms with Gasteiger partial charge < -0.3 is 19.4 Å². The molecule has 0 spiro atoms. The van der Waals surface area contributed by atoms with Gasteiger partial charge in [0, 0.05) is 6.92 Å². The fraction of sp³-hybridized carbons (Fsp3) is 0.231. The van der Waals surface area contributed by atoms with E-state index < -0.39 is 17.1 Å². The van der Waals surface area contributed by atoms with Crippen molar-refractivity contribution in [2.24, 2.45) is 0 Å². The smallest absolute Gasteiger partial charge is 0.382 e. The molecule has 102 valence electrons. The molecule has 0 amide bonds. The van der Waals surface area contributed by atoms with Crippen LogP contribution in [0.25, 0.3) is 11.0 Å². The Morgan fingerprint density at radius 1 is 1.26 bits per heavy atom. The second-order valence-electron chi connectivity index (χ2n) is 3.51. The van der Waals surface area contributed by atoms with Crippen LogP contribution in [0, 0.1) is 0 Å². The summed E-state index contributed by atoms with van der Waals surface area (Å²) in [7, 11) is 0. The van der Waals surface area contributed by atoms with Gasteiger partial charge in [0.1, 0.15) is 5.58 Å². The van der Waals surface area contributed by atoms with Crippen LogP contribution in [0.4, 0.5) is 0 Å². The van der Waals surface area contributed by atoms with E-state index in [4.69, 9.17) is 9.52 Å². The first-order valence-corrected chi connectivity index (χ1v) is 5.54. The SMILES string of the molecule is CCOC(C)=O.O=c1oc2ccccc2c(O)c1O. The van der Waals surface area contributed by atoms with E-state index in [1.807, 2.05) is 0 Å². The molecule has 2 rings (SSSR count). The molecule has 0 saturated heterocycles. The van der Waals surface area contributed by atoms with Crippen molar-refractivity contribution in [2.45, 2.75) is 13.8 Å². The number of ether oxygens (including phenoxy) is 1. The van der Waals surface area contributed by atoms with Gasteiger partial charge in [0.05, 0.1) is 12.0 Å². The first-order valence-electron chi connectivity index (χ1n) is 5.54. The lowest BCUT2D eigenvalue weighted by Crippen LogP contribution is -1.97. The predicted octanol–water partition coefficient (Wildman–Crippen LogP) is 1.77. The number of hydrogen-bond donors (Lipinski definition) is 2. The van der Waals surface area contributed by atoms with Gasteiger partial charge in [-0.1, -0.05) is 12.1 Å². The van der Waals surface area contributed by atoms with Gasteiger partial charge in [-0.05, 0) is 19.1 Å². The summed E-state index contributed by atoms with van der Waals surface area (Å²) in [5, 5.41) is 18.7. The van der Waals surface area contributed by atoms with E-state index in [2.05, 4.69) is 4.74 Å². The molecule has 2 aromatic rings. The van der Waals surface area contributed by atoms with E-state index in [9.17, 15) is 14.7 Å². The standard InChI is InChI=1S/C9H6O4.C4H8O2/c10-7-5-3-1-2-4-6(5)13-9(12)8(7)11;1-3-6-4(2)5/h1-4,10-11H;3H2,1-2H3. The maximum atomic E-state index is 10.9. The highest BCUT2D eigenvalue weighted by molar-refractivity contribution is 5.84. The van der Waals surface area contributed by atoms with E-state index in [1.54, 1.807) is 25.1 Å². The molecule has 1 aromatic carbocycles. The zero-order chi connectivity index (χ0) is 14.4. The van der Waals surface area contributed by atoms with Gasteiger partial charge in [0.25, 0.3) is 0 Å². The lowest BCUT2D eigenvalue weighted by Gasteiger charge is -1.99. The fourth-order valence-electron chi connectivity index (χ4n) is 1.33. The highest BCUT2D eigenvalue weighted by atomic mass is 16.5. The summed E-state index contributed by atoms with van der Waals surface area (Å²) in [5.74, 6) is -1.40. The number of fused-ring (bicyclic) bond motifs is 1.